The summed E-state index contributed by atoms with van der Waals surface area (Å²) in [6.07, 6.45) is 3.38. The topological polar surface area (TPSA) is 87.6 Å². The summed E-state index contributed by atoms with van der Waals surface area (Å²) < 4.78 is 32.1. The Morgan fingerprint density at radius 1 is 1.15 bits per heavy atom. The maximum atomic E-state index is 15.2. The standard InChI is InChI=1S/C27H27FN2O4/c1-3-6-20-13-19-11-17(16-33-24-8-5-4-7-18(24)14-25(31)32-2)12-22(27(19)34-20)21-9-10-30-23(15-29)26(21)28/h4-5,7-13H,3,6,14-16,29H2,1-2H3. The first-order valence-corrected chi connectivity index (χ1v) is 11.2. The predicted octanol–water partition coefficient (Wildman–Crippen LogP) is 5.34. The van der Waals surface area contributed by atoms with Gasteiger partial charge in [-0.05, 0) is 42.3 Å². The number of furan rings is 1. The number of methoxy groups -OCH3 is 1. The second kappa shape index (κ2) is 10.5. The van der Waals surface area contributed by atoms with Gasteiger partial charge in [0.25, 0.3) is 0 Å². The number of ether oxygens (including phenoxy) is 2. The van der Waals surface area contributed by atoms with Crippen LogP contribution >= 0.6 is 0 Å². The van der Waals surface area contributed by atoms with E-state index < -0.39 is 5.82 Å². The summed E-state index contributed by atoms with van der Waals surface area (Å²) >= 11 is 0. The van der Waals surface area contributed by atoms with Crippen LogP contribution in [0.4, 0.5) is 4.39 Å². The SMILES string of the molecule is CCCc1cc2cc(COc3ccccc3CC(=O)OC)cc(-c3ccnc(CN)c3F)c2o1. The molecular weight excluding hydrogens is 435 g/mol. The van der Waals surface area contributed by atoms with Gasteiger partial charge in [-0.15, -0.1) is 0 Å². The number of nitrogens with two attached hydrogens (primary N) is 1. The first-order valence-electron chi connectivity index (χ1n) is 11.2. The van der Waals surface area contributed by atoms with Crippen LogP contribution in [-0.2, 0) is 35.5 Å². The molecule has 0 aliphatic heterocycles. The quantitative estimate of drug-likeness (QED) is 0.338. The number of carbonyl (C=O) groups is 1. The molecule has 0 radical (unpaired) electrons. The predicted molar refractivity (Wildman–Crippen MR) is 128 cm³/mol. The molecule has 0 aliphatic rings. The summed E-state index contributed by atoms with van der Waals surface area (Å²) in [6.45, 7) is 2.31. The molecule has 0 saturated heterocycles. The monoisotopic (exact) mass is 462 g/mol. The number of esters is 1. The van der Waals surface area contributed by atoms with Crippen molar-refractivity contribution in [3.05, 3.63) is 83.1 Å². The highest BCUT2D eigenvalue weighted by Gasteiger charge is 2.18. The number of aromatic nitrogens is 1. The van der Waals surface area contributed by atoms with Crippen molar-refractivity contribution in [2.24, 2.45) is 5.73 Å². The van der Waals surface area contributed by atoms with Gasteiger partial charge in [-0.25, -0.2) is 4.39 Å². The third-order valence-electron chi connectivity index (χ3n) is 5.60. The Morgan fingerprint density at radius 3 is 2.74 bits per heavy atom. The summed E-state index contributed by atoms with van der Waals surface area (Å²) in [6, 6.07) is 14.8. The first-order chi connectivity index (χ1) is 16.5. The van der Waals surface area contributed by atoms with Gasteiger partial charge in [0.15, 0.2) is 5.82 Å². The van der Waals surface area contributed by atoms with E-state index in [1.807, 2.05) is 42.5 Å². The summed E-state index contributed by atoms with van der Waals surface area (Å²) in [5.41, 5.74) is 9.06. The van der Waals surface area contributed by atoms with Crippen LogP contribution in [0.1, 0.15) is 35.9 Å². The minimum Gasteiger partial charge on any atom is -0.489 e. The molecule has 2 aromatic heterocycles. The van der Waals surface area contributed by atoms with Gasteiger partial charge in [0, 0.05) is 41.2 Å². The maximum Gasteiger partial charge on any atom is 0.310 e. The molecule has 0 saturated carbocycles. The number of benzene rings is 2. The fraction of sp³-hybridized carbons (Fsp3) is 0.259. The van der Waals surface area contributed by atoms with E-state index in [4.69, 9.17) is 19.6 Å². The van der Waals surface area contributed by atoms with E-state index in [-0.39, 0.29) is 31.2 Å². The molecule has 0 amide bonds. The molecule has 0 aliphatic carbocycles. The number of hydrogen-bond acceptors (Lipinski definition) is 6. The van der Waals surface area contributed by atoms with Gasteiger partial charge in [-0.3, -0.25) is 9.78 Å². The van der Waals surface area contributed by atoms with Crippen molar-refractivity contribution in [1.82, 2.24) is 4.98 Å². The van der Waals surface area contributed by atoms with Crippen molar-refractivity contribution in [2.75, 3.05) is 7.11 Å². The molecule has 4 aromatic rings. The summed E-state index contributed by atoms with van der Waals surface area (Å²) in [4.78, 5) is 15.8. The van der Waals surface area contributed by atoms with Crippen LogP contribution in [0.5, 0.6) is 5.75 Å². The number of rotatable bonds is 9. The van der Waals surface area contributed by atoms with Crippen molar-refractivity contribution >= 4 is 16.9 Å². The van der Waals surface area contributed by atoms with Crippen molar-refractivity contribution in [2.45, 2.75) is 39.3 Å². The van der Waals surface area contributed by atoms with Gasteiger partial charge in [-0.1, -0.05) is 25.1 Å². The maximum absolute atomic E-state index is 15.2. The third-order valence-corrected chi connectivity index (χ3v) is 5.60. The molecule has 0 spiro atoms. The number of hydrogen-bond donors (Lipinski definition) is 1. The number of aryl methyl sites for hydroxylation is 1. The van der Waals surface area contributed by atoms with Crippen LogP contribution in [0.25, 0.3) is 22.1 Å². The van der Waals surface area contributed by atoms with Gasteiger partial charge in [0.05, 0.1) is 19.2 Å². The van der Waals surface area contributed by atoms with Crippen LogP contribution in [0.15, 0.2) is 59.1 Å². The molecule has 176 valence electrons. The average molecular weight is 463 g/mol. The number of halogens is 1. The average Bonchev–Trinajstić information content (AvgIpc) is 3.26. The Hall–Kier alpha value is -3.71. The Morgan fingerprint density at radius 2 is 1.97 bits per heavy atom. The minimum absolute atomic E-state index is 0.00182. The molecule has 4 rings (SSSR count). The van der Waals surface area contributed by atoms with Crippen LogP contribution in [0.2, 0.25) is 0 Å². The van der Waals surface area contributed by atoms with E-state index >= 15 is 4.39 Å². The number of nitrogens with zero attached hydrogens (tertiary/aromatic N) is 1. The Kier molecular flexibility index (Phi) is 7.23. The largest absolute Gasteiger partial charge is 0.489 e. The molecule has 34 heavy (non-hydrogen) atoms. The zero-order valence-electron chi connectivity index (χ0n) is 19.3. The van der Waals surface area contributed by atoms with E-state index in [0.29, 0.717) is 22.5 Å². The van der Waals surface area contributed by atoms with E-state index in [1.54, 1.807) is 12.3 Å². The molecule has 6 nitrogen and oxygen atoms in total. The van der Waals surface area contributed by atoms with Crippen LogP contribution in [0, 0.1) is 5.82 Å². The van der Waals surface area contributed by atoms with Crippen LogP contribution in [-0.4, -0.2) is 18.1 Å². The van der Waals surface area contributed by atoms with Crippen molar-refractivity contribution in [3.8, 4) is 16.9 Å². The van der Waals surface area contributed by atoms with Gasteiger partial charge in [0.2, 0.25) is 0 Å². The Labute approximate surface area is 197 Å². The number of para-hydroxylation sites is 1. The van der Waals surface area contributed by atoms with Crippen LogP contribution in [0.3, 0.4) is 0 Å². The third kappa shape index (κ3) is 4.94. The smallest absolute Gasteiger partial charge is 0.310 e. The highest BCUT2D eigenvalue weighted by molar-refractivity contribution is 5.93. The Balaban J connectivity index is 1.73. The highest BCUT2D eigenvalue weighted by atomic mass is 19.1. The lowest BCUT2D eigenvalue weighted by atomic mass is 10.00. The molecule has 0 fully saturated rings. The van der Waals surface area contributed by atoms with Crippen molar-refractivity contribution in [1.29, 1.82) is 0 Å². The lowest BCUT2D eigenvalue weighted by Gasteiger charge is -2.13. The normalized spacial score (nSPS) is 11.1. The second-order valence-electron chi connectivity index (χ2n) is 8.00. The second-order valence-corrected chi connectivity index (χ2v) is 8.00. The number of fused-ring (bicyclic) bond motifs is 1. The molecule has 2 N–H and O–H groups in total. The lowest BCUT2D eigenvalue weighted by Crippen LogP contribution is -2.07. The zero-order chi connectivity index (χ0) is 24.1. The molecular formula is C27H27FN2O4. The zero-order valence-corrected chi connectivity index (χ0v) is 19.3. The lowest BCUT2D eigenvalue weighted by molar-refractivity contribution is -0.139. The van der Waals surface area contributed by atoms with E-state index in [9.17, 15) is 4.79 Å². The van der Waals surface area contributed by atoms with Crippen molar-refractivity contribution < 1.29 is 23.1 Å². The first kappa shape index (κ1) is 23.4. The molecule has 2 heterocycles. The van der Waals surface area contributed by atoms with Gasteiger partial charge in [0.1, 0.15) is 23.7 Å². The molecule has 2 aromatic carbocycles. The fourth-order valence-electron chi connectivity index (χ4n) is 3.94. The molecule has 0 atom stereocenters. The summed E-state index contributed by atoms with van der Waals surface area (Å²) in [7, 11) is 1.36. The molecule has 7 heteroatoms. The number of pyridine rings is 1. The molecule has 0 bridgehead atoms. The summed E-state index contributed by atoms with van der Waals surface area (Å²) in [5, 5.41) is 0.868. The number of carbonyl (C=O) groups excluding carboxylic acids is 1. The van der Waals surface area contributed by atoms with Crippen molar-refractivity contribution in [3.63, 3.8) is 0 Å². The van der Waals surface area contributed by atoms with Gasteiger partial charge >= 0.3 is 5.97 Å². The minimum atomic E-state index is -0.457. The van der Waals surface area contributed by atoms with E-state index in [0.717, 1.165) is 35.1 Å². The van der Waals surface area contributed by atoms with Gasteiger partial charge < -0.3 is 19.6 Å². The Bertz CT molecular complexity index is 1320. The summed E-state index contributed by atoms with van der Waals surface area (Å²) in [5.74, 6) is 0.634. The van der Waals surface area contributed by atoms with Gasteiger partial charge in [-0.2, -0.15) is 0 Å². The molecule has 0 unspecified atom stereocenters. The highest BCUT2D eigenvalue weighted by Crippen LogP contribution is 2.35. The fourth-order valence-corrected chi connectivity index (χ4v) is 3.94. The van der Waals surface area contributed by atoms with E-state index in [1.165, 1.54) is 7.11 Å². The van der Waals surface area contributed by atoms with E-state index in [2.05, 4.69) is 11.9 Å². The van der Waals surface area contributed by atoms with Crippen LogP contribution < -0.4 is 10.5 Å².